The molecule has 37 heavy (non-hydrogen) atoms. The van der Waals surface area contributed by atoms with Crippen molar-refractivity contribution < 1.29 is 13.6 Å². The molecule has 7 nitrogen and oxygen atoms in total. The third-order valence-corrected chi connectivity index (χ3v) is 7.32. The number of hydrogen-bond acceptors (Lipinski definition) is 7. The van der Waals surface area contributed by atoms with Crippen molar-refractivity contribution in [3.05, 3.63) is 87.6 Å². The van der Waals surface area contributed by atoms with Crippen molar-refractivity contribution in [2.75, 3.05) is 18.9 Å². The van der Waals surface area contributed by atoms with Crippen molar-refractivity contribution in [3.8, 4) is 6.07 Å². The van der Waals surface area contributed by atoms with Gasteiger partial charge >= 0.3 is 0 Å². The van der Waals surface area contributed by atoms with Crippen LogP contribution < -0.4 is 16.4 Å². The van der Waals surface area contributed by atoms with Gasteiger partial charge in [0.1, 0.15) is 0 Å². The van der Waals surface area contributed by atoms with Crippen LogP contribution in [-0.2, 0) is 19.4 Å². The highest BCUT2D eigenvalue weighted by molar-refractivity contribution is 7.15. The maximum atomic E-state index is 12.9. The molecule has 0 saturated heterocycles. The smallest absolute Gasteiger partial charge is 0.257 e. The van der Waals surface area contributed by atoms with Gasteiger partial charge in [0.2, 0.25) is 0 Å². The summed E-state index contributed by atoms with van der Waals surface area (Å²) in [5.41, 5.74) is 10.4. The Morgan fingerprint density at radius 2 is 2.08 bits per heavy atom. The maximum absolute atomic E-state index is 12.9. The minimum Gasteiger partial charge on any atom is -0.397 e. The van der Waals surface area contributed by atoms with Crippen molar-refractivity contribution in [1.82, 2.24) is 15.2 Å². The highest BCUT2D eigenvalue weighted by atomic mass is 32.1. The van der Waals surface area contributed by atoms with E-state index in [0.29, 0.717) is 41.3 Å². The van der Waals surface area contributed by atoms with Gasteiger partial charge in [-0.3, -0.25) is 15.0 Å². The molecule has 1 atom stereocenters. The number of anilines is 1. The lowest BCUT2D eigenvalue weighted by atomic mass is 9.96. The zero-order valence-corrected chi connectivity index (χ0v) is 21.2. The van der Waals surface area contributed by atoms with Crippen molar-refractivity contribution in [3.63, 3.8) is 0 Å². The molecule has 10 heteroatoms. The zero-order valence-electron chi connectivity index (χ0n) is 20.4. The number of aromatic nitrogens is 1. The summed E-state index contributed by atoms with van der Waals surface area (Å²) in [6.45, 7) is 0.225. The number of benzene rings is 2. The number of nitriles is 1. The fourth-order valence-electron chi connectivity index (χ4n) is 4.25. The molecule has 1 heterocycles. The molecule has 1 aliphatic rings. The SMILES string of the molecule is CN(CC(F)F)C1CCc2nc(NC(=O)c3cccc(CN/C=C(\N)c4ccc(C#N)cc4)c3)sc2C1. The second-order valence-corrected chi connectivity index (χ2v) is 10.0. The lowest BCUT2D eigenvalue weighted by Crippen LogP contribution is -2.38. The lowest BCUT2D eigenvalue weighted by molar-refractivity contribution is 0.0772. The number of rotatable bonds is 9. The maximum Gasteiger partial charge on any atom is 0.257 e. The summed E-state index contributed by atoms with van der Waals surface area (Å²) in [6.07, 6.45) is 1.48. The van der Waals surface area contributed by atoms with Crippen LogP contribution in [0.1, 0.15) is 44.0 Å². The van der Waals surface area contributed by atoms with Crippen LogP contribution in [0.25, 0.3) is 5.70 Å². The number of fused-ring (bicyclic) bond motifs is 1. The van der Waals surface area contributed by atoms with E-state index in [2.05, 4.69) is 21.7 Å². The minimum atomic E-state index is -2.36. The molecule has 3 aromatic rings. The number of carbonyl (C=O) groups is 1. The summed E-state index contributed by atoms with van der Waals surface area (Å²) < 4.78 is 25.5. The van der Waals surface area contributed by atoms with Gasteiger partial charge in [0.25, 0.3) is 12.3 Å². The molecular weight excluding hydrogens is 494 g/mol. The quantitative estimate of drug-likeness (QED) is 0.385. The van der Waals surface area contributed by atoms with Gasteiger partial charge in [0.05, 0.1) is 29.6 Å². The fraction of sp³-hybridized carbons (Fsp3) is 0.296. The molecule has 1 unspecified atom stereocenters. The fourth-order valence-corrected chi connectivity index (χ4v) is 5.32. The number of alkyl halides is 2. The van der Waals surface area contributed by atoms with Gasteiger partial charge < -0.3 is 11.1 Å². The molecule has 1 aliphatic carbocycles. The average Bonchev–Trinajstić information content (AvgIpc) is 3.30. The number of nitrogens with two attached hydrogens (primary N) is 1. The Labute approximate surface area is 218 Å². The topological polar surface area (TPSA) is 107 Å². The number of amides is 1. The number of nitrogens with one attached hydrogen (secondary N) is 2. The standard InChI is InChI=1S/C27H28F2N6OS/c1-35(16-25(28)29)21-9-10-23-24(12-21)37-27(33-23)34-26(36)20-4-2-3-18(11-20)14-32-15-22(31)19-7-5-17(13-30)6-8-19/h2-8,11,15,21,25,32H,9-10,12,14,16,31H2,1H3,(H,33,34,36)/b22-15-. The van der Waals surface area contributed by atoms with E-state index in [9.17, 15) is 13.6 Å². The molecule has 1 amide bonds. The third-order valence-electron chi connectivity index (χ3n) is 6.28. The second-order valence-electron chi connectivity index (χ2n) is 8.94. The highest BCUT2D eigenvalue weighted by Gasteiger charge is 2.27. The Balaban J connectivity index is 1.34. The number of likely N-dealkylation sites (N-methyl/N-ethyl adjacent to an activating group) is 1. The molecule has 4 N–H and O–H groups in total. The summed E-state index contributed by atoms with van der Waals surface area (Å²) in [5.74, 6) is -0.257. The van der Waals surface area contributed by atoms with E-state index in [1.54, 1.807) is 54.5 Å². The van der Waals surface area contributed by atoms with E-state index in [4.69, 9.17) is 11.0 Å². The van der Waals surface area contributed by atoms with Gasteiger partial charge in [-0.25, -0.2) is 13.8 Å². The lowest BCUT2D eigenvalue weighted by Gasteiger charge is -2.30. The van der Waals surface area contributed by atoms with Gasteiger partial charge in [-0.1, -0.05) is 24.3 Å². The molecule has 0 fully saturated rings. The van der Waals surface area contributed by atoms with E-state index >= 15 is 0 Å². The van der Waals surface area contributed by atoms with Crippen LogP contribution in [0, 0.1) is 11.3 Å². The van der Waals surface area contributed by atoms with Gasteiger partial charge in [-0.15, -0.1) is 11.3 Å². The average molecular weight is 523 g/mol. The van der Waals surface area contributed by atoms with Crippen molar-refractivity contribution >= 4 is 28.1 Å². The van der Waals surface area contributed by atoms with Crippen molar-refractivity contribution in [1.29, 1.82) is 5.26 Å². The predicted octanol–water partition coefficient (Wildman–Crippen LogP) is 4.37. The molecule has 0 radical (unpaired) electrons. The predicted molar refractivity (Wildman–Crippen MR) is 141 cm³/mol. The first-order valence-electron chi connectivity index (χ1n) is 11.9. The Bertz CT molecular complexity index is 1320. The normalized spacial score (nSPS) is 15.4. The highest BCUT2D eigenvalue weighted by Crippen LogP contribution is 2.31. The van der Waals surface area contributed by atoms with E-state index < -0.39 is 6.43 Å². The molecule has 192 valence electrons. The number of carbonyl (C=O) groups excluding carboxylic acids is 1. The molecule has 0 saturated carbocycles. The molecule has 0 aliphatic heterocycles. The van der Waals surface area contributed by atoms with Crippen LogP contribution in [-0.4, -0.2) is 41.9 Å². The van der Waals surface area contributed by atoms with E-state index in [1.165, 1.54) is 11.3 Å². The minimum absolute atomic E-state index is 0.0506. The van der Waals surface area contributed by atoms with Crippen molar-refractivity contribution in [2.45, 2.75) is 38.3 Å². The number of halogens is 2. The molecular formula is C27H28F2N6OS. The zero-order chi connectivity index (χ0) is 26.4. The number of thiazole rings is 1. The Hall–Kier alpha value is -3.81. The summed E-state index contributed by atoms with van der Waals surface area (Å²) in [7, 11) is 1.73. The van der Waals surface area contributed by atoms with Crippen LogP contribution >= 0.6 is 11.3 Å². The third kappa shape index (κ3) is 6.90. The summed E-state index contributed by atoms with van der Waals surface area (Å²) in [4.78, 5) is 20.2. The van der Waals surface area contributed by atoms with Gasteiger partial charge in [0.15, 0.2) is 5.13 Å². The van der Waals surface area contributed by atoms with E-state index in [0.717, 1.165) is 28.1 Å². The van der Waals surface area contributed by atoms with Crippen LogP contribution in [0.2, 0.25) is 0 Å². The largest absolute Gasteiger partial charge is 0.397 e. The first-order chi connectivity index (χ1) is 17.8. The van der Waals surface area contributed by atoms with Crippen LogP contribution in [0.5, 0.6) is 0 Å². The van der Waals surface area contributed by atoms with E-state index in [-0.39, 0.29) is 18.5 Å². The van der Waals surface area contributed by atoms with Gasteiger partial charge in [0, 0.05) is 29.2 Å². The van der Waals surface area contributed by atoms with Crippen LogP contribution in [0.15, 0.2) is 54.7 Å². The summed E-state index contributed by atoms with van der Waals surface area (Å²) >= 11 is 1.41. The van der Waals surface area contributed by atoms with Crippen molar-refractivity contribution in [2.24, 2.45) is 5.73 Å². The number of nitrogens with zero attached hydrogens (tertiary/aromatic N) is 3. The van der Waals surface area contributed by atoms with Gasteiger partial charge in [-0.05, 0) is 61.7 Å². The van der Waals surface area contributed by atoms with Crippen LogP contribution in [0.4, 0.5) is 13.9 Å². The Morgan fingerprint density at radius 1 is 1.30 bits per heavy atom. The second kappa shape index (κ2) is 12.0. The molecule has 2 aromatic carbocycles. The number of hydrogen-bond donors (Lipinski definition) is 3. The Kier molecular flexibility index (Phi) is 8.48. The monoisotopic (exact) mass is 522 g/mol. The Morgan fingerprint density at radius 3 is 2.81 bits per heavy atom. The molecule has 0 spiro atoms. The molecule has 1 aromatic heterocycles. The van der Waals surface area contributed by atoms with Crippen LogP contribution in [0.3, 0.4) is 0 Å². The summed E-state index contributed by atoms with van der Waals surface area (Å²) in [6, 6.07) is 16.4. The van der Waals surface area contributed by atoms with Gasteiger partial charge in [-0.2, -0.15) is 5.26 Å². The van der Waals surface area contributed by atoms with E-state index in [1.807, 2.05) is 12.1 Å². The first kappa shape index (κ1) is 26.3. The molecule has 4 rings (SSSR count). The number of aryl methyl sites for hydroxylation is 1. The first-order valence-corrected chi connectivity index (χ1v) is 12.7. The summed E-state index contributed by atoms with van der Waals surface area (Å²) in [5, 5.41) is 15.5. The molecule has 0 bridgehead atoms.